The fourth-order valence-electron chi connectivity index (χ4n) is 1.21. The van der Waals surface area contributed by atoms with Crippen LogP contribution in [0.5, 0.6) is 0 Å². The summed E-state index contributed by atoms with van der Waals surface area (Å²) in [6, 6.07) is 7.38. The molecular formula is C12H11N3O4. The minimum atomic E-state index is -0.747. The molecule has 0 heterocycles. The summed E-state index contributed by atoms with van der Waals surface area (Å²) in [7, 11) is 0. The van der Waals surface area contributed by atoms with Crippen molar-refractivity contribution in [3.8, 4) is 6.07 Å². The van der Waals surface area contributed by atoms with Gasteiger partial charge in [0, 0.05) is 24.0 Å². The largest absolute Gasteiger partial charge is 0.462 e. The van der Waals surface area contributed by atoms with Gasteiger partial charge in [-0.2, -0.15) is 5.26 Å². The number of hydrogen-bond acceptors (Lipinski definition) is 6. The van der Waals surface area contributed by atoms with Gasteiger partial charge in [0.25, 0.3) is 5.69 Å². The number of anilines is 1. The highest BCUT2D eigenvalue weighted by Gasteiger charge is 2.10. The van der Waals surface area contributed by atoms with E-state index in [0.717, 1.165) is 6.20 Å². The number of carbonyl (C=O) groups is 1. The summed E-state index contributed by atoms with van der Waals surface area (Å²) >= 11 is 0. The van der Waals surface area contributed by atoms with E-state index in [4.69, 9.17) is 5.26 Å². The minimum Gasteiger partial charge on any atom is -0.462 e. The Hall–Kier alpha value is -2.88. The van der Waals surface area contributed by atoms with Crippen LogP contribution in [0.3, 0.4) is 0 Å². The Morgan fingerprint density at radius 2 is 2.37 bits per heavy atom. The second-order valence-corrected chi connectivity index (χ2v) is 3.34. The third-order valence-electron chi connectivity index (χ3n) is 2.06. The third-order valence-corrected chi connectivity index (χ3v) is 2.06. The molecule has 7 nitrogen and oxygen atoms in total. The first kappa shape index (κ1) is 14.2. The Morgan fingerprint density at radius 1 is 1.63 bits per heavy atom. The molecular weight excluding hydrogens is 250 g/mol. The van der Waals surface area contributed by atoms with Crippen LogP contribution in [-0.2, 0) is 9.53 Å². The van der Waals surface area contributed by atoms with Crippen molar-refractivity contribution >= 4 is 17.3 Å². The van der Waals surface area contributed by atoms with E-state index in [1.165, 1.54) is 18.2 Å². The van der Waals surface area contributed by atoms with Gasteiger partial charge in [0.05, 0.1) is 11.5 Å². The van der Waals surface area contributed by atoms with Gasteiger partial charge in [-0.3, -0.25) is 10.1 Å². The molecule has 0 aromatic heterocycles. The number of nitro groups is 1. The van der Waals surface area contributed by atoms with Crippen molar-refractivity contribution in [1.82, 2.24) is 0 Å². The van der Waals surface area contributed by atoms with Crippen LogP contribution in [0, 0.1) is 21.4 Å². The zero-order valence-electron chi connectivity index (χ0n) is 10.1. The van der Waals surface area contributed by atoms with Gasteiger partial charge in [-0.25, -0.2) is 4.79 Å². The number of nitrogens with zero attached hydrogens (tertiary/aromatic N) is 2. The van der Waals surface area contributed by atoms with Crippen LogP contribution in [-0.4, -0.2) is 17.5 Å². The summed E-state index contributed by atoms with van der Waals surface area (Å²) in [6.45, 7) is 1.79. The van der Waals surface area contributed by atoms with Crippen LogP contribution >= 0.6 is 0 Å². The molecule has 0 unspecified atom stereocenters. The van der Waals surface area contributed by atoms with Gasteiger partial charge in [-0.05, 0) is 13.0 Å². The van der Waals surface area contributed by atoms with E-state index in [1.54, 1.807) is 19.1 Å². The number of ether oxygens (including phenoxy) is 1. The molecule has 0 aliphatic heterocycles. The lowest BCUT2D eigenvalue weighted by Gasteiger charge is -2.02. The van der Waals surface area contributed by atoms with Crippen LogP contribution in [0.25, 0.3) is 0 Å². The van der Waals surface area contributed by atoms with Gasteiger partial charge in [-0.1, -0.05) is 6.07 Å². The number of non-ortho nitro benzene ring substituents is 1. The van der Waals surface area contributed by atoms with Crippen LogP contribution in [0.4, 0.5) is 11.4 Å². The fraction of sp³-hybridized carbons (Fsp3) is 0.167. The maximum absolute atomic E-state index is 11.3. The maximum atomic E-state index is 11.3. The zero-order valence-corrected chi connectivity index (χ0v) is 10.1. The molecule has 1 aromatic rings. The molecule has 0 amide bonds. The van der Waals surface area contributed by atoms with Gasteiger partial charge in [0.2, 0.25) is 0 Å². The van der Waals surface area contributed by atoms with Crippen molar-refractivity contribution in [1.29, 1.82) is 5.26 Å². The molecule has 7 heteroatoms. The quantitative estimate of drug-likeness (QED) is 0.285. The number of nitriles is 1. The number of nitrogens with one attached hydrogen (secondary N) is 1. The molecule has 0 radical (unpaired) electrons. The molecule has 0 bridgehead atoms. The SMILES string of the molecule is CCOC(=O)/C(C#N)=C\Nc1cccc([N+](=O)[O-])c1. The Labute approximate surface area is 109 Å². The molecule has 0 saturated carbocycles. The highest BCUT2D eigenvalue weighted by atomic mass is 16.6. The molecule has 0 aliphatic rings. The van der Waals surface area contributed by atoms with Crippen molar-refractivity contribution in [3.05, 3.63) is 46.2 Å². The van der Waals surface area contributed by atoms with Crippen LogP contribution in [0.15, 0.2) is 36.0 Å². The molecule has 0 spiro atoms. The summed E-state index contributed by atoms with van der Waals surface area (Å²) in [5, 5.41) is 22.0. The standard InChI is InChI=1S/C12H11N3O4/c1-2-19-12(16)9(7-13)8-14-10-4-3-5-11(6-10)15(17)18/h3-6,8,14H,2H2,1H3/b9-8-. The third kappa shape index (κ3) is 4.12. The van der Waals surface area contributed by atoms with Gasteiger partial charge < -0.3 is 10.1 Å². The number of carbonyl (C=O) groups excluding carboxylic acids is 1. The monoisotopic (exact) mass is 261 g/mol. The molecule has 1 aromatic carbocycles. The molecule has 98 valence electrons. The summed E-state index contributed by atoms with van der Waals surface area (Å²) in [5.74, 6) is -0.747. The van der Waals surface area contributed by atoms with E-state index in [9.17, 15) is 14.9 Å². The van der Waals surface area contributed by atoms with Crippen LogP contribution < -0.4 is 5.32 Å². The normalized spacial score (nSPS) is 10.4. The first-order valence-electron chi connectivity index (χ1n) is 5.37. The van der Waals surface area contributed by atoms with Crippen molar-refractivity contribution in [2.45, 2.75) is 6.92 Å². The Balaban J connectivity index is 2.84. The molecule has 0 fully saturated rings. The molecule has 1 N–H and O–H groups in total. The zero-order chi connectivity index (χ0) is 14.3. The van der Waals surface area contributed by atoms with E-state index in [0.29, 0.717) is 5.69 Å². The predicted molar refractivity (Wildman–Crippen MR) is 67.0 cm³/mol. The Bertz CT molecular complexity index is 560. The van der Waals surface area contributed by atoms with Gasteiger partial charge in [0.15, 0.2) is 5.57 Å². The van der Waals surface area contributed by atoms with E-state index in [2.05, 4.69) is 10.1 Å². The number of nitro benzene ring substituents is 1. The molecule has 1 rings (SSSR count). The van der Waals surface area contributed by atoms with E-state index < -0.39 is 10.9 Å². The van der Waals surface area contributed by atoms with Crippen LogP contribution in [0.1, 0.15) is 6.92 Å². The second kappa shape index (κ2) is 6.76. The first-order chi connectivity index (χ1) is 9.08. The number of rotatable bonds is 5. The van der Waals surface area contributed by atoms with E-state index in [1.807, 2.05) is 0 Å². The first-order valence-corrected chi connectivity index (χ1v) is 5.37. The second-order valence-electron chi connectivity index (χ2n) is 3.34. The predicted octanol–water partition coefficient (Wildman–Crippen LogP) is 1.98. The Kier molecular flexibility index (Phi) is 5.04. The Morgan fingerprint density at radius 3 is 2.95 bits per heavy atom. The van der Waals surface area contributed by atoms with Gasteiger partial charge in [-0.15, -0.1) is 0 Å². The van der Waals surface area contributed by atoms with Crippen molar-refractivity contribution in [2.24, 2.45) is 0 Å². The van der Waals surface area contributed by atoms with Gasteiger partial charge >= 0.3 is 5.97 Å². The topological polar surface area (TPSA) is 105 Å². The van der Waals surface area contributed by atoms with Crippen molar-refractivity contribution < 1.29 is 14.5 Å². The highest BCUT2D eigenvalue weighted by molar-refractivity contribution is 5.93. The number of hydrogen-bond donors (Lipinski definition) is 1. The fourth-order valence-corrected chi connectivity index (χ4v) is 1.21. The lowest BCUT2D eigenvalue weighted by atomic mass is 10.2. The highest BCUT2D eigenvalue weighted by Crippen LogP contribution is 2.17. The van der Waals surface area contributed by atoms with E-state index >= 15 is 0 Å². The number of benzene rings is 1. The van der Waals surface area contributed by atoms with Crippen molar-refractivity contribution in [2.75, 3.05) is 11.9 Å². The summed E-state index contributed by atoms with van der Waals surface area (Å²) in [5.41, 5.74) is 0.0904. The molecule has 19 heavy (non-hydrogen) atoms. The summed E-state index contributed by atoms with van der Waals surface area (Å²) in [6.07, 6.45) is 1.15. The summed E-state index contributed by atoms with van der Waals surface area (Å²) < 4.78 is 4.67. The van der Waals surface area contributed by atoms with Gasteiger partial charge in [0.1, 0.15) is 6.07 Å². The minimum absolute atomic E-state index is 0.0898. The van der Waals surface area contributed by atoms with Crippen LogP contribution in [0.2, 0.25) is 0 Å². The van der Waals surface area contributed by atoms with Crippen molar-refractivity contribution in [3.63, 3.8) is 0 Å². The molecule has 0 atom stereocenters. The smallest absolute Gasteiger partial charge is 0.350 e. The average Bonchev–Trinajstić information content (AvgIpc) is 2.40. The molecule has 0 aliphatic carbocycles. The average molecular weight is 261 g/mol. The molecule has 0 saturated heterocycles. The lowest BCUT2D eigenvalue weighted by molar-refractivity contribution is -0.384. The summed E-state index contributed by atoms with van der Waals surface area (Å²) in [4.78, 5) is 21.3. The lowest BCUT2D eigenvalue weighted by Crippen LogP contribution is -2.07. The van der Waals surface area contributed by atoms with E-state index in [-0.39, 0.29) is 17.9 Å². The number of esters is 1. The maximum Gasteiger partial charge on any atom is 0.350 e.